The van der Waals surface area contributed by atoms with E-state index in [0.717, 1.165) is 39.1 Å². The van der Waals surface area contributed by atoms with Crippen molar-refractivity contribution in [1.29, 1.82) is 5.26 Å². The van der Waals surface area contributed by atoms with Crippen molar-refractivity contribution in [1.82, 2.24) is 9.80 Å². The van der Waals surface area contributed by atoms with Gasteiger partial charge in [0.1, 0.15) is 9.84 Å². The van der Waals surface area contributed by atoms with Gasteiger partial charge in [0.2, 0.25) is 0 Å². The SMILES string of the molecule is CCS(=O)(=O)CCCN1CC2CC(C1)CN(C(=O)Nc1ccc(C#N)cc1)C2. The van der Waals surface area contributed by atoms with Crippen LogP contribution in [0.5, 0.6) is 0 Å². The zero-order valence-corrected chi connectivity index (χ0v) is 17.1. The average Bonchev–Trinajstić information content (AvgIpc) is 2.67. The van der Waals surface area contributed by atoms with Gasteiger partial charge in [-0.25, -0.2) is 13.2 Å². The molecule has 28 heavy (non-hydrogen) atoms. The largest absolute Gasteiger partial charge is 0.324 e. The van der Waals surface area contributed by atoms with E-state index >= 15 is 0 Å². The van der Waals surface area contributed by atoms with Gasteiger partial charge in [-0.15, -0.1) is 0 Å². The van der Waals surface area contributed by atoms with E-state index in [1.807, 2.05) is 4.90 Å². The lowest BCUT2D eigenvalue weighted by Crippen LogP contribution is -2.55. The first-order valence-electron chi connectivity index (χ1n) is 9.87. The standard InChI is InChI=1S/C20H28N4O3S/c1-2-28(26,27)9-3-8-23-12-17-10-18(13-23)15-24(14-17)20(25)22-19-6-4-16(11-21)5-7-19/h4-7,17-18H,2-3,8-10,12-15H2,1H3,(H,22,25). The van der Waals surface area contributed by atoms with Crippen LogP contribution in [0.1, 0.15) is 25.3 Å². The summed E-state index contributed by atoms with van der Waals surface area (Å²) in [6, 6.07) is 8.84. The third-order valence-corrected chi connectivity index (χ3v) is 7.37. The fraction of sp³-hybridized carbons (Fsp3) is 0.600. The van der Waals surface area contributed by atoms with Gasteiger partial charge in [-0.2, -0.15) is 5.26 Å². The Kier molecular flexibility index (Phi) is 6.57. The van der Waals surface area contributed by atoms with Crippen molar-refractivity contribution in [3.63, 3.8) is 0 Å². The van der Waals surface area contributed by atoms with Crippen LogP contribution in [0.25, 0.3) is 0 Å². The summed E-state index contributed by atoms with van der Waals surface area (Å²) < 4.78 is 23.3. The van der Waals surface area contributed by atoms with Crippen LogP contribution in [0, 0.1) is 23.2 Å². The van der Waals surface area contributed by atoms with Crippen LogP contribution >= 0.6 is 0 Å². The lowest BCUT2D eigenvalue weighted by atomic mass is 9.85. The second-order valence-corrected chi connectivity index (χ2v) is 10.3. The second-order valence-electron chi connectivity index (χ2n) is 7.84. The number of carbonyl (C=O) groups is 1. The molecule has 2 saturated heterocycles. The van der Waals surface area contributed by atoms with E-state index < -0.39 is 9.84 Å². The van der Waals surface area contributed by atoms with Crippen molar-refractivity contribution in [3.8, 4) is 6.07 Å². The van der Waals surface area contributed by atoms with Gasteiger partial charge < -0.3 is 15.1 Å². The first kappa shape index (κ1) is 20.6. The molecule has 0 saturated carbocycles. The molecule has 0 aliphatic carbocycles. The highest BCUT2D eigenvalue weighted by molar-refractivity contribution is 7.91. The molecule has 2 aliphatic heterocycles. The number of nitriles is 1. The molecule has 2 unspecified atom stereocenters. The van der Waals surface area contributed by atoms with Crippen molar-refractivity contribution >= 4 is 21.6 Å². The van der Waals surface area contributed by atoms with Crippen LogP contribution in [0.15, 0.2) is 24.3 Å². The number of hydrogen-bond donors (Lipinski definition) is 1. The zero-order chi connectivity index (χ0) is 20.1. The van der Waals surface area contributed by atoms with Gasteiger partial charge >= 0.3 is 6.03 Å². The summed E-state index contributed by atoms with van der Waals surface area (Å²) in [5.74, 6) is 1.33. The van der Waals surface area contributed by atoms with Crippen molar-refractivity contribution in [2.45, 2.75) is 19.8 Å². The Morgan fingerprint density at radius 3 is 2.39 bits per heavy atom. The number of sulfone groups is 1. The Labute approximate surface area is 167 Å². The van der Waals surface area contributed by atoms with E-state index in [1.54, 1.807) is 31.2 Å². The Bertz CT molecular complexity index is 818. The molecule has 2 fully saturated rings. The van der Waals surface area contributed by atoms with Crippen LogP contribution in [-0.2, 0) is 9.84 Å². The molecule has 0 aromatic heterocycles. The molecule has 1 aromatic rings. The predicted molar refractivity (Wildman–Crippen MR) is 109 cm³/mol. The summed E-state index contributed by atoms with van der Waals surface area (Å²) in [6.45, 7) is 5.79. The smallest absolute Gasteiger partial charge is 0.321 e. The molecule has 0 spiro atoms. The minimum absolute atomic E-state index is 0.0955. The van der Waals surface area contributed by atoms with Crippen LogP contribution in [0.3, 0.4) is 0 Å². The summed E-state index contributed by atoms with van der Waals surface area (Å²) in [6.07, 6.45) is 1.81. The topological polar surface area (TPSA) is 93.5 Å². The highest BCUT2D eigenvalue weighted by Gasteiger charge is 2.35. The predicted octanol–water partition coefficient (Wildman–Crippen LogP) is 2.17. The fourth-order valence-electron chi connectivity index (χ4n) is 4.22. The maximum Gasteiger partial charge on any atom is 0.321 e. The molecule has 2 atom stereocenters. The van der Waals surface area contributed by atoms with Crippen molar-refractivity contribution in [2.75, 3.05) is 49.5 Å². The molecule has 7 nitrogen and oxygen atoms in total. The maximum atomic E-state index is 12.6. The van der Waals surface area contributed by atoms with E-state index in [2.05, 4.69) is 16.3 Å². The Morgan fingerprint density at radius 2 is 1.82 bits per heavy atom. The Hall–Kier alpha value is -2.11. The van der Waals surface area contributed by atoms with Gasteiger partial charge in [-0.3, -0.25) is 0 Å². The first-order valence-corrected chi connectivity index (χ1v) is 11.7. The number of piperidine rings is 2. The van der Waals surface area contributed by atoms with Gasteiger partial charge in [0.25, 0.3) is 0 Å². The van der Waals surface area contributed by atoms with Gasteiger partial charge in [0, 0.05) is 37.6 Å². The first-order chi connectivity index (χ1) is 13.4. The lowest BCUT2D eigenvalue weighted by Gasteiger charge is -2.45. The molecular weight excluding hydrogens is 376 g/mol. The molecule has 1 N–H and O–H groups in total. The summed E-state index contributed by atoms with van der Waals surface area (Å²) in [5.41, 5.74) is 1.26. The molecule has 2 heterocycles. The minimum atomic E-state index is -2.90. The van der Waals surface area contributed by atoms with Gasteiger partial charge in [0.15, 0.2) is 0 Å². The molecular formula is C20H28N4O3S. The average molecular weight is 405 g/mol. The number of urea groups is 1. The number of anilines is 1. The van der Waals surface area contributed by atoms with Crippen LogP contribution < -0.4 is 5.32 Å². The highest BCUT2D eigenvalue weighted by Crippen LogP contribution is 2.29. The second kappa shape index (κ2) is 8.93. The third-order valence-electron chi connectivity index (χ3n) is 5.58. The van der Waals surface area contributed by atoms with Crippen LogP contribution in [0.4, 0.5) is 10.5 Å². The number of benzene rings is 1. The van der Waals surface area contributed by atoms with Crippen LogP contribution in [0.2, 0.25) is 0 Å². The lowest BCUT2D eigenvalue weighted by molar-refractivity contribution is 0.0498. The Balaban J connectivity index is 1.49. The number of fused-ring (bicyclic) bond motifs is 2. The van der Waals surface area contributed by atoms with Gasteiger partial charge in [-0.1, -0.05) is 6.92 Å². The monoisotopic (exact) mass is 404 g/mol. The molecule has 1 aromatic carbocycles. The summed E-state index contributed by atoms with van der Waals surface area (Å²) in [5, 5.41) is 11.8. The van der Waals surface area contributed by atoms with E-state index in [1.165, 1.54) is 0 Å². The quantitative estimate of drug-likeness (QED) is 0.784. The number of rotatable bonds is 6. The third kappa shape index (κ3) is 5.46. The van der Waals surface area contributed by atoms with E-state index in [-0.39, 0.29) is 17.5 Å². The van der Waals surface area contributed by atoms with Crippen LogP contribution in [-0.4, -0.2) is 68.5 Å². The van der Waals surface area contributed by atoms with Crippen molar-refractivity contribution < 1.29 is 13.2 Å². The molecule has 8 heteroatoms. The molecule has 3 rings (SSSR count). The minimum Gasteiger partial charge on any atom is -0.324 e. The van der Waals surface area contributed by atoms with Crippen molar-refractivity contribution in [3.05, 3.63) is 29.8 Å². The number of likely N-dealkylation sites (tertiary alicyclic amines) is 2. The van der Waals surface area contributed by atoms with E-state index in [0.29, 0.717) is 29.5 Å². The summed E-state index contributed by atoms with van der Waals surface area (Å²) >= 11 is 0. The summed E-state index contributed by atoms with van der Waals surface area (Å²) in [7, 11) is -2.90. The molecule has 2 amide bonds. The molecule has 152 valence electrons. The normalized spacial score (nSPS) is 22.5. The van der Waals surface area contributed by atoms with E-state index in [9.17, 15) is 13.2 Å². The number of carbonyl (C=O) groups excluding carboxylic acids is 1. The maximum absolute atomic E-state index is 12.6. The number of amides is 2. The highest BCUT2D eigenvalue weighted by atomic mass is 32.2. The van der Waals surface area contributed by atoms with E-state index in [4.69, 9.17) is 5.26 Å². The number of nitrogens with zero attached hydrogens (tertiary/aromatic N) is 3. The Morgan fingerprint density at radius 1 is 1.18 bits per heavy atom. The van der Waals surface area contributed by atoms with Crippen molar-refractivity contribution in [2.24, 2.45) is 11.8 Å². The fourth-order valence-corrected chi connectivity index (χ4v) is 5.08. The number of nitrogens with one attached hydrogen (secondary N) is 1. The molecule has 2 bridgehead atoms. The van der Waals surface area contributed by atoms with Gasteiger partial charge in [-0.05, 0) is 55.5 Å². The number of hydrogen-bond acceptors (Lipinski definition) is 5. The zero-order valence-electron chi connectivity index (χ0n) is 16.3. The summed E-state index contributed by atoms with van der Waals surface area (Å²) in [4.78, 5) is 16.9. The molecule has 0 radical (unpaired) electrons. The van der Waals surface area contributed by atoms with Gasteiger partial charge in [0.05, 0.1) is 17.4 Å². The molecule has 2 aliphatic rings.